The number of nitriles is 1. The average molecular weight is 1810 g/mol. The van der Waals surface area contributed by atoms with E-state index < -0.39 is 65.2 Å². The van der Waals surface area contributed by atoms with Crippen molar-refractivity contribution in [3.8, 4) is 40.2 Å². The minimum Gasteiger partial charge on any atom is -0.434 e. The van der Waals surface area contributed by atoms with E-state index in [4.69, 9.17) is 68.7 Å². The molecule has 0 radical (unpaired) electrons. The van der Waals surface area contributed by atoms with Gasteiger partial charge in [-0.3, -0.25) is 28.7 Å². The van der Waals surface area contributed by atoms with E-state index in [1.165, 1.54) is 66.5 Å². The Bertz CT molecular complexity index is 4320. The second kappa shape index (κ2) is 61.9. The second-order valence-corrected chi connectivity index (χ2v) is 35.5. The van der Waals surface area contributed by atoms with Crippen molar-refractivity contribution in [2.75, 3.05) is 86.6 Å². The zero-order valence-electron chi connectivity index (χ0n) is 79.6. The van der Waals surface area contributed by atoms with Gasteiger partial charge in [0.05, 0.1) is 63.3 Å². The van der Waals surface area contributed by atoms with Crippen molar-refractivity contribution in [1.29, 1.82) is 8.12 Å². The Kier molecular flexibility index (Phi) is 49.8. The number of carbonyl (C=O) groups excluding carboxylic acids is 5. The Morgan fingerprint density at radius 3 is 1.53 bits per heavy atom. The van der Waals surface area contributed by atoms with E-state index in [2.05, 4.69) is 162 Å². The van der Waals surface area contributed by atoms with Gasteiger partial charge < -0.3 is 82.3 Å². The maximum atomic E-state index is 12.9. The van der Waals surface area contributed by atoms with Gasteiger partial charge in [-0.2, -0.15) is 5.26 Å². The SMILES string of the molecule is C.[2H]CC1OC(OCCCCCCNC(=O)CCCCCCCCCCCOC(=O)OCC2c3ccccc3-c3ccccc32)CC1OP(OCCC#N)N(C(C)C)C(C)C.[2H]CC1OC(n2cc(C#CCNC(=O)CCC(=O)NCCCCCCOC(=O)OCC3c4ccccc4-c4ccccc43)c(=O)[nH]c2=O)CC1OP(OCC[N+]#[C-])C(C(C)C)C(C)C.[3H]OC.[3H]OC. The number of aromatic nitrogens is 2. The fraction of sp³-hybridized carbons (Fsp3) is 0.619. The van der Waals surface area contributed by atoms with E-state index in [-0.39, 0.29) is 157 Å². The molecule has 30 heteroatoms. The third kappa shape index (κ3) is 37.5. The predicted molar refractivity (Wildman–Crippen MR) is 496 cm³/mol. The zero-order chi connectivity index (χ0) is 94.4. The lowest BCUT2D eigenvalue weighted by molar-refractivity contribution is -0.131. The lowest BCUT2D eigenvalue weighted by Gasteiger charge is -2.37. The number of aliphatic hydroxyl groups excluding tert-OH is 2. The summed E-state index contributed by atoms with van der Waals surface area (Å²) in [4.78, 5) is 92.8. The summed E-state index contributed by atoms with van der Waals surface area (Å²) < 4.78 is 95.8. The van der Waals surface area contributed by atoms with Gasteiger partial charge in [0.25, 0.3) is 14.1 Å². The summed E-state index contributed by atoms with van der Waals surface area (Å²) in [6, 6.07) is 35.4. The maximum absolute atomic E-state index is 12.9. The van der Waals surface area contributed by atoms with Gasteiger partial charge in [0.1, 0.15) is 31.6 Å². The number of nitrogens with one attached hydrogen (secondary N) is 4. The molecule has 127 heavy (non-hydrogen) atoms. The molecule has 702 valence electrons. The highest BCUT2D eigenvalue weighted by molar-refractivity contribution is 7.48. The minimum absolute atomic E-state index is 0. The Morgan fingerprint density at radius 1 is 0.598 bits per heavy atom. The van der Waals surface area contributed by atoms with Crippen LogP contribution < -0.4 is 27.2 Å². The molecule has 2 aliphatic carbocycles. The van der Waals surface area contributed by atoms with E-state index in [0.717, 1.165) is 106 Å². The number of aliphatic hydroxyl groups is 2. The third-order valence-corrected chi connectivity index (χ3v) is 26.4. The predicted octanol–water partition coefficient (Wildman–Crippen LogP) is 18.2. The quantitative estimate of drug-likeness (QED) is 0.00692. The van der Waals surface area contributed by atoms with E-state index in [9.17, 15) is 33.6 Å². The van der Waals surface area contributed by atoms with Crippen LogP contribution in [0.2, 0.25) is 0 Å². The Hall–Kier alpha value is -8.49. The summed E-state index contributed by atoms with van der Waals surface area (Å²) in [6.45, 7) is 27.4. The summed E-state index contributed by atoms with van der Waals surface area (Å²) in [7, 11) is -0.275. The van der Waals surface area contributed by atoms with Gasteiger partial charge in [-0.05, 0) is 143 Å². The van der Waals surface area contributed by atoms with Gasteiger partial charge in [0.2, 0.25) is 27.1 Å². The number of nitrogens with zero attached hydrogens (tertiary/aromatic N) is 4. The molecule has 0 bridgehead atoms. The maximum Gasteiger partial charge on any atom is 0.508 e. The van der Waals surface area contributed by atoms with Crippen LogP contribution in [0.25, 0.3) is 27.1 Å². The van der Waals surface area contributed by atoms with E-state index in [0.29, 0.717) is 58.6 Å². The number of amides is 3. The molecule has 8 atom stereocenters. The fourth-order valence-electron chi connectivity index (χ4n) is 15.6. The molecule has 2 fully saturated rings. The normalized spacial score (nSPS) is 17.3. The van der Waals surface area contributed by atoms with Crippen LogP contribution >= 0.6 is 16.9 Å². The molecule has 8 unspecified atom stereocenters. The zero-order valence-corrected chi connectivity index (χ0v) is 77.4. The first-order valence-corrected chi connectivity index (χ1v) is 47.1. The highest BCUT2D eigenvalue weighted by Gasteiger charge is 2.42. The number of benzene rings is 4. The van der Waals surface area contributed by atoms with E-state index >= 15 is 0 Å². The van der Waals surface area contributed by atoms with Crippen LogP contribution in [0.5, 0.6) is 0 Å². The average Bonchev–Trinajstić information content (AvgIpc) is 1.62. The van der Waals surface area contributed by atoms with Crippen molar-refractivity contribution in [2.45, 2.75) is 291 Å². The van der Waals surface area contributed by atoms with Crippen LogP contribution in [-0.2, 0) is 65.6 Å². The minimum atomic E-state index is -1.45. The number of unbranched alkanes of at least 4 members (excludes halogenated alkanes) is 14. The fourth-order valence-corrected chi connectivity index (χ4v) is 19.5. The third-order valence-electron chi connectivity index (χ3n) is 21.7. The van der Waals surface area contributed by atoms with Crippen LogP contribution in [-0.4, -0.2) is 192 Å². The molecular weight excluding hydrogens is 1660 g/mol. The second-order valence-electron chi connectivity index (χ2n) is 32.4. The Labute approximate surface area is 762 Å². The lowest BCUT2D eigenvalue weighted by atomic mass is 9.98. The van der Waals surface area contributed by atoms with Gasteiger partial charge in [-0.1, -0.05) is 208 Å². The molecule has 0 spiro atoms. The number of rotatable bonds is 52. The van der Waals surface area contributed by atoms with Crippen molar-refractivity contribution in [3.63, 3.8) is 0 Å². The first-order valence-electron chi connectivity index (χ1n) is 47.0. The molecule has 4 aromatic carbocycles. The first-order chi connectivity index (χ1) is 63.0. The standard InChI is InChI=1S/C47H60N5O10P.C47H72N3O8P.2CH4O.CH4/c1-31(2)44(32(3)4)63(60-27-25-48-6)62-40-28-43(61-33(40)5)52-29-34(45(55)51-46(52)56)16-15-24-50-42(54)22-21-41(53)49-23-13-7-8-14-26-58-47(57)59-30-39-37-19-11-9-17-35(37)36-18-10-12-20-38(36)39;1-36(2)50(37(3)4)59(56-33-23-29-48)58-44-34-46(57-38(44)5)53-31-21-14-12-20-30-49-45(51)28-15-11-9-7-6-8-10-13-22-32-54-47(52)55-35-43-41-26-18-16-24-39(41)40-25-17-19-27-42(40)43;2*1-2;/h9-12,17-20,29,31-33,39-40,43-44H,7-8,13-14,21-28,30H2,1-5H3,(H,49,53)(H,50,54)(H,51,55,56);16-19,24-27,36-38,43-44,46H,6-15,20-23,28,30-35H2,1-5H3,(H,49,51);2*2H,1H3;1H4/i2*5D;2*2T;. The largest absolute Gasteiger partial charge is 0.508 e. The van der Waals surface area contributed by atoms with E-state index in [1.54, 1.807) is 0 Å². The first kappa shape index (κ1) is 102. The summed E-state index contributed by atoms with van der Waals surface area (Å²) in [5, 5.41) is 24.5. The molecular formula is C97H144N8O20P2. The van der Waals surface area contributed by atoms with Crippen LogP contribution in [0.3, 0.4) is 0 Å². The van der Waals surface area contributed by atoms with Crippen molar-refractivity contribution in [1.82, 2.24) is 30.2 Å². The number of fused-ring (bicyclic) bond motifs is 6. The van der Waals surface area contributed by atoms with Gasteiger partial charge >= 0.3 is 18.0 Å². The molecule has 4 aliphatic rings. The molecule has 5 aromatic rings. The number of hydrogen-bond acceptors (Lipinski definition) is 22. The van der Waals surface area contributed by atoms with Gasteiger partial charge in [-0.25, -0.2) is 25.6 Å². The molecule has 2 aliphatic heterocycles. The van der Waals surface area contributed by atoms with Crippen LogP contribution in [0.1, 0.15) is 273 Å². The monoisotopic (exact) mass is 1810 g/mol. The van der Waals surface area contributed by atoms with Crippen LogP contribution in [0.4, 0.5) is 9.59 Å². The highest BCUT2D eigenvalue weighted by atomic mass is 31.2. The van der Waals surface area contributed by atoms with Crippen molar-refractivity contribution in [2.24, 2.45) is 11.8 Å². The number of aromatic amines is 1. The molecule has 28 nitrogen and oxygen atoms in total. The van der Waals surface area contributed by atoms with Crippen molar-refractivity contribution < 1.29 is 88.2 Å². The molecule has 2 saturated heterocycles. The van der Waals surface area contributed by atoms with E-state index in [1.807, 2.05) is 48.5 Å². The van der Waals surface area contributed by atoms with Gasteiger partial charge in [-0.15, -0.1) is 0 Å². The lowest BCUT2D eigenvalue weighted by Crippen LogP contribution is -2.35. The molecule has 3 heterocycles. The number of carbonyl (C=O) groups is 5. The summed E-state index contributed by atoms with van der Waals surface area (Å²) >= 11 is 0. The smallest absolute Gasteiger partial charge is 0.434 e. The van der Waals surface area contributed by atoms with Crippen LogP contribution in [0.15, 0.2) is 113 Å². The molecule has 3 amide bonds. The van der Waals surface area contributed by atoms with Crippen molar-refractivity contribution in [3.05, 3.63) is 163 Å². The summed E-state index contributed by atoms with van der Waals surface area (Å²) in [5.41, 5.74) is 8.05. The topological polar surface area (TPSA) is 350 Å². The Balaban J connectivity index is 0.000000435. The van der Waals surface area contributed by atoms with Gasteiger partial charge in [0.15, 0.2) is 14.7 Å². The number of hydrogen-bond donors (Lipinski definition) is 6. The molecule has 1 aromatic heterocycles. The molecule has 0 saturated carbocycles. The molecule has 9 rings (SSSR count). The Morgan fingerprint density at radius 2 is 1.05 bits per heavy atom. The summed E-state index contributed by atoms with van der Waals surface area (Å²) in [5.74, 6) is 5.40. The van der Waals surface area contributed by atoms with Gasteiger partial charge in [0, 0.05) is 105 Å². The van der Waals surface area contributed by atoms with Crippen molar-refractivity contribution >= 4 is 46.9 Å². The summed E-state index contributed by atoms with van der Waals surface area (Å²) in [6.07, 6.45) is 15.1. The molecule has 6 N–H and O–H groups in total. The number of H-pyrrole nitrogens is 1. The number of ether oxygens (including phenoxy) is 7. The highest BCUT2D eigenvalue weighted by Crippen LogP contribution is 2.54. The van der Waals surface area contributed by atoms with Crippen LogP contribution in [0, 0.1) is 41.6 Å².